The van der Waals surface area contributed by atoms with E-state index in [1.54, 1.807) is 6.07 Å². The fourth-order valence-corrected chi connectivity index (χ4v) is 10.1. The van der Waals surface area contributed by atoms with Crippen LogP contribution < -0.4 is 13.7 Å². The lowest BCUT2D eigenvalue weighted by Crippen LogP contribution is -2.67. The highest BCUT2D eigenvalue weighted by atomic mass is 19.1. The molecule has 5 nitrogen and oxygen atoms in total. The highest BCUT2D eigenvalue weighted by Gasteiger charge is 2.64. The number of pyridine rings is 1. The molecule has 3 aliphatic rings. The first kappa shape index (κ1) is 42.8. The molecular weight excluding hydrogens is 800 g/mol. The van der Waals surface area contributed by atoms with Gasteiger partial charge in [0.2, 0.25) is 0 Å². The lowest BCUT2D eigenvalue weighted by molar-refractivity contribution is 0.186. The third-order valence-electron chi connectivity index (χ3n) is 13.9. The Morgan fingerprint density at radius 2 is 1.20 bits per heavy atom. The van der Waals surface area contributed by atoms with Crippen molar-refractivity contribution in [3.63, 3.8) is 0 Å². The van der Waals surface area contributed by atoms with Gasteiger partial charge >= 0.3 is 0 Å². The molecule has 0 radical (unpaired) electrons. The number of fused-ring (bicyclic) bond motifs is 3. The first-order valence-corrected chi connectivity index (χ1v) is 23.1. The second-order valence-electron chi connectivity index (χ2n) is 22.7. The van der Waals surface area contributed by atoms with Gasteiger partial charge in [-0.3, -0.25) is 13.5 Å². The summed E-state index contributed by atoms with van der Waals surface area (Å²) in [7, 11) is 0. The summed E-state index contributed by atoms with van der Waals surface area (Å²) in [5.41, 5.74) is 14.1. The number of halogens is 1. The van der Waals surface area contributed by atoms with Crippen LogP contribution in [0.5, 0.6) is 11.5 Å². The predicted octanol–water partition coefficient (Wildman–Crippen LogP) is 16.3. The fourth-order valence-electron chi connectivity index (χ4n) is 10.1. The Balaban J connectivity index is 1.11. The SMILES string of the molecule is CC(C)(C)c1cccc(-c2cccc3c2[N@@+]2(c4cc(C(C)(C)C)cc(C(C)(C)C)c4)[CH-][N@+]3(c3cccc(Oc4cc5c(cc4F)c4ccccc4n5-c4cc(C(C)(C)C)ccn4)c3)C2)c1. The average molecular weight is 862 g/mol. The van der Waals surface area contributed by atoms with Crippen LogP contribution in [0.15, 0.2) is 140 Å². The Kier molecular flexibility index (Phi) is 9.53. The van der Waals surface area contributed by atoms with Gasteiger partial charge in [0.15, 0.2) is 29.6 Å². The highest BCUT2D eigenvalue weighted by Crippen LogP contribution is 2.68. The maximum absolute atomic E-state index is 16.5. The van der Waals surface area contributed by atoms with Gasteiger partial charge in [0, 0.05) is 52.9 Å². The molecular formula is C59H62FN4O+. The number of benzene rings is 6. The number of para-hydroxylation sites is 2. The topological polar surface area (TPSA) is 27.1 Å². The third-order valence-corrected chi connectivity index (χ3v) is 13.9. The van der Waals surface area contributed by atoms with Gasteiger partial charge in [0.1, 0.15) is 22.9 Å². The Bertz CT molecular complexity index is 3160. The zero-order valence-corrected chi connectivity index (χ0v) is 40.1. The van der Waals surface area contributed by atoms with Crippen LogP contribution in [0.2, 0.25) is 0 Å². The zero-order valence-electron chi connectivity index (χ0n) is 40.1. The molecule has 3 aliphatic heterocycles. The second-order valence-corrected chi connectivity index (χ2v) is 22.7. The minimum atomic E-state index is -0.414. The van der Waals surface area contributed by atoms with Crippen molar-refractivity contribution in [3.8, 4) is 28.4 Å². The van der Waals surface area contributed by atoms with E-state index in [0.29, 0.717) is 14.7 Å². The Labute approximate surface area is 384 Å². The van der Waals surface area contributed by atoms with Crippen molar-refractivity contribution in [2.45, 2.75) is 105 Å². The van der Waals surface area contributed by atoms with E-state index in [9.17, 15) is 0 Å². The van der Waals surface area contributed by atoms with Crippen molar-refractivity contribution in [2.24, 2.45) is 0 Å². The Morgan fingerprint density at radius 3 is 1.89 bits per heavy atom. The maximum atomic E-state index is 16.5. The predicted molar refractivity (Wildman–Crippen MR) is 270 cm³/mol. The molecule has 2 aromatic heterocycles. The number of hydrogen-bond acceptors (Lipinski definition) is 2. The third kappa shape index (κ3) is 6.99. The molecule has 1 saturated heterocycles. The molecule has 65 heavy (non-hydrogen) atoms. The molecule has 5 heterocycles. The summed E-state index contributed by atoms with van der Waals surface area (Å²) in [5, 5.41) is 1.77. The number of aromatic nitrogens is 2. The van der Waals surface area contributed by atoms with E-state index in [1.807, 2.05) is 42.6 Å². The molecule has 6 aromatic carbocycles. The molecule has 0 saturated carbocycles. The quantitative estimate of drug-likeness (QED) is 0.123. The molecule has 1 fully saturated rings. The maximum Gasteiger partial charge on any atom is 0.188 e. The van der Waals surface area contributed by atoms with E-state index in [1.165, 1.54) is 50.4 Å². The lowest BCUT2D eigenvalue weighted by Gasteiger charge is -2.56. The normalized spacial score (nSPS) is 18.5. The van der Waals surface area contributed by atoms with Crippen molar-refractivity contribution in [1.82, 2.24) is 18.5 Å². The van der Waals surface area contributed by atoms with Crippen molar-refractivity contribution >= 4 is 44.6 Å². The van der Waals surface area contributed by atoms with Crippen LogP contribution >= 0.6 is 0 Å². The van der Waals surface area contributed by atoms with Crippen molar-refractivity contribution in [3.05, 3.63) is 174 Å². The van der Waals surface area contributed by atoms with Crippen molar-refractivity contribution < 1.29 is 9.13 Å². The Morgan fingerprint density at radius 1 is 0.554 bits per heavy atom. The molecule has 2 atom stereocenters. The Hall–Kier alpha value is -6.08. The largest absolute Gasteiger partial charge is 0.454 e. The van der Waals surface area contributed by atoms with Crippen LogP contribution in [0, 0.1) is 12.5 Å². The number of ether oxygens (including phenoxy) is 1. The summed E-state index contributed by atoms with van der Waals surface area (Å²) < 4.78 is 26.4. The molecule has 8 aromatic rings. The van der Waals surface area contributed by atoms with Crippen molar-refractivity contribution in [1.29, 1.82) is 0 Å². The van der Waals surface area contributed by atoms with Crippen LogP contribution in [0.3, 0.4) is 0 Å². The molecule has 0 aliphatic carbocycles. The number of rotatable bonds is 6. The van der Waals surface area contributed by atoms with E-state index in [-0.39, 0.29) is 27.4 Å². The smallest absolute Gasteiger partial charge is 0.188 e. The van der Waals surface area contributed by atoms with Gasteiger partial charge in [0.25, 0.3) is 0 Å². The van der Waals surface area contributed by atoms with Crippen LogP contribution in [0.1, 0.15) is 105 Å². The van der Waals surface area contributed by atoms with E-state index < -0.39 is 5.82 Å². The lowest BCUT2D eigenvalue weighted by atomic mass is 9.80. The number of nitrogens with zero attached hydrogens (tertiary/aromatic N) is 4. The monoisotopic (exact) mass is 861 g/mol. The standard InChI is InChI=1S/C59H62FN4O/c1-56(2,3)39-19-15-18-38(28-39)46-23-17-25-52-55(46)64(44-30-41(58(7,8)9)29-42(31-44)59(10,11)12)36-63(52,37-64)43-20-16-21-45(33-43)65-53-35-51-48(34-49(53)60)47-22-13-14-24-50(47)62(51)54-32-40(26-27-61-54)57(4,5)6/h13-36H,37H2,1-12H3/q+1/t63-,64+/m1/s1. The molecule has 330 valence electrons. The zero-order chi connectivity index (χ0) is 46.1. The summed E-state index contributed by atoms with van der Waals surface area (Å²) in [6, 6.07) is 47.3. The van der Waals surface area contributed by atoms with Gasteiger partial charge in [-0.05, 0) is 91.9 Å². The van der Waals surface area contributed by atoms with Gasteiger partial charge in [-0.25, -0.2) is 9.37 Å². The van der Waals surface area contributed by atoms with E-state index in [4.69, 9.17) is 9.72 Å². The van der Waals surface area contributed by atoms with Gasteiger partial charge < -0.3 is 4.74 Å². The molecule has 0 spiro atoms. The number of quaternary nitrogens is 2. The van der Waals surface area contributed by atoms with Gasteiger partial charge in [0.05, 0.1) is 17.7 Å². The molecule has 0 N–H and O–H groups in total. The van der Waals surface area contributed by atoms with Crippen LogP contribution in [0.4, 0.5) is 27.1 Å². The van der Waals surface area contributed by atoms with Crippen LogP contribution in [-0.2, 0) is 21.7 Å². The van der Waals surface area contributed by atoms with Gasteiger partial charge in [-0.1, -0.05) is 144 Å². The van der Waals surface area contributed by atoms with E-state index in [0.717, 1.165) is 40.0 Å². The summed E-state index contributed by atoms with van der Waals surface area (Å²) in [4.78, 5) is 4.84. The minimum Gasteiger partial charge on any atom is -0.454 e. The molecule has 6 heteroatoms. The van der Waals surface area contributed by atoms with E-state index >= 15 is 4.39 Å². The summed E-state index contributed by atoms with van der Waals surface area (Å²) >= 11 is 0. The average Bonchev–Trinajstić information content (AvgIpc) is 3.84. The molecule has 0 unspecified atom stereocenters. The summed E-state index contributed by atoms with van der Waals surface area (Å²) in [5.74, 6) is 1.12. The first-order chi connectivity index (χ1) is 30.6. The van der Waals surface area contributed by atoms with E-state index in [2.05, 4.69) is 185 Å². The first-order valence-electron chi connectivity index (χ1n) is 23.1. The van der Waals surface area contributed by atoms with Gasteiger partial charge in [-0.15, -0.1) is 0 Å². The number of hydrogen-bond donors (Lipinski definition) is 0. The van der Waals surface area contributed by atoms with Crippen LogP contribution in [0.25, 0.3) is 38.8 Å². The summed E-state index contributed by atoms with van der Waals surface area (Å²) in [6.45, 7) is 30.6. The fraction of sp³-hybridized carbons (Fsp3) is 0.288. The molecule has 2 bridgehead atoms. The second kappa shape index (κ2) is 14.5. The molecule has 11 rings (SSSR count). The van der Waals surface area contributed by atoms with Gasteiger partial charge in [-0.2, -0.15) is 0 Å². The van der Waals surface area contributed by atoms with Crippen molar-refractivity contribution in [2.75, 3.05) is 6.67 Å². The van der Waals surface area contributed by atoms with Crippen LogP contribution in [-0.4, -0.2) is 16.2 Å². The summed E-state index contributed by atoms with van der Waals surface area (Å²) in [6.07, 6.45) is 1.86. The molecule has 0 amide bonds. The minimum absolute atomic E-state index is 0.00389. The highest BCUT2D eigenvalue weighted by molar-refractivity contribution is 6.09.